The van der Waals surface area contributed by atoms with Crippen molar-refractivity contribution in [2.24, 2.45) is 17.6 Å². The number of amides is 8. The summed E-state index contributed by atoms with van der Waals surface area (Å²) in [5, 5.41) is 101. The van der Waals surface area contributed by atoms with Crippen LogP contribution in [-0.4, -0.2) is 200 Å². The standard InChI is InChI=1S/C50H81N8O20P/c1-5-25(2)20-26(3)12-10-8-6-7-9-11-13-37(65)52-31-22-35(63)46(70)56-48(72)41-33(61)18-19-57(41)50(74)39(34(62)23-36(51)64)54-47(71)40(43(67)42(66)28-14-16-30(17-15-28)78-79(75,76)77)55-45(69)32-21-29(60)24-58(32)49(73)38(27(4)59)53-44(31)68/h14-17,25-27,29,31-35,38-43,46,59-63,66-67,70H,5-13,18-24H2,1-4H3,(H2,51,64)(H,52,65)(H,53,68)(H,54,71)(H,55,69)(H,56,72)(H2,75,76,77)/t25?,26?,27-,29+,31+,32-,33-,34+,35+,38-,39-,40-,41-,42-,43-,46+/m0/s1. The van der Waals surface area contributed by atoms with Crippen molar-refractivity contribution in [3.05, 3.63) is 29.8 Å². The molecule has 0 radical (unpaired) electrons. The van der Waals surface area contributed by atoms with Gasteiger partial charge in [-0.05, 0) is 55.7 Å². The average molecular weight is 1150 g/mol. The van der Waals surface area contributed by atoms with Gasteiger partial charge >= 0.3 is 7.82 Å². The fourth-order valence-corrected chi connectivity index (χ4v) is 10.4. The van der Waals surface area contributed by atoms with Gasteiger partial charge in [0.05, 0.1) is 30.8 Å². The van der Waals surface area contributed by atoms with E-state index in [1.165, 1.54) is 6.42 Å². The fourth-order valence-electron chi connectivity index (χ4n) is 9.99. The number of rotatable bonds is 22. The van der Waals surface area contributed by atoms with Gasteiger partial charge in [0.1, 0.15) is 60.3 Å². The summed E-state index contributed by atoms with van der Waals surface area (Å²) in [6.45, 7) is 6.62. The number of carbonyl (C=O) groups is 8. The number of phosphoric acid groups is 1. The van der Waals surface area contributed by atoms with Crippen LogP contribution in [0.3, 0.4) is 0 Å². The van der Waals surface area contributed by atoms with E-state index in [1.54, 1.807) is 0 Å². The lowest BCUT2D eigenvalue weighted by Crippen LogP contribution is -2.64. The molecule has 17 N–H and O–H groups in total. The van der Waals surface area contributed by atoms with Gasteiger partial charge in [0.2, 0.25) is 47.3 Å². The van der Waals surface area contributed by atoms with Crippen molar-refractivity contribution in [1.82, 2.24) is 36.4 Å². The quantitative estimate of drug-likeness (QED) is 0.0394. The number of nitrogens with two attached hydrogens (primary N) is 1. The van der Waals surface area contributed by atoms with Crippen molar-refractivity contribution in [2.45, 2.75) is 203 Å². The minimum atomic E-state index is -5.07. The molecule has 79 heavy (non-hydrogen) atoms. The Bertz CT molecular complexity index is 2290. The zero-order valence-corrected chi connectivity index (χ0v) is 45.7. The number of aliphatic hydroxyl groups excluding tert-OH is 8. The van der Waals surface area contributed by atoms with Crippen LogP contribution in [0.1, 0.15) is 129 Å². The van der Waals surface area contributed by atoms with E-state index in [-0.39, 0.29) is 18.4 Å². The second kappa shape index (κ2) is 30.4. The van der Waals surface area contributed by atoms with Crippen LogP contribution in [0, 0.1) is 11.8 Å². The lowest BCUT2D eigenvalue weighted by atomic mass is 9.91. The Kier molecular flexibility index (Phi) is 25.5. The molecule has 16 atom stereocenters. The molecule has 0 aliphatic carbocycles. The SMILES string of the molecule is CCC(C)CC(C)CCCCCCCCC(=O)N[C@@H]1C[C@@H](O)[C@@H](O)NC(=O)[C@@H]2[C@@H](O)CCN2C(=O)[C@H]([C@H](O)CC(N)=O)NC(=O)[C@H]([C@H](O)[C@@H](O)c2ccc(OP(=O)(O)O)cc2)NC(=O)[C@@H]2C[C@@H](O)CN2C(=O)[C@H]([C@H](C)O)NC1=O. The second-order valence-corrected chi connectivity index (χ2v) is 22.3. The van der Waals surface area contributed by atoms with E-state index in [9.17, 15) is 93.6 Å². The third kappa shape index (κ3) is 19.7. The molecule has 3 saturated heterocycles. The van der Waals surface area contributed by atoms with Gasteiger partial charge in [-0.15, -0.1) is 0 Å². The summed E-state index contributed by atoms with van der Waals surface area (Å²) in [6.07, 6.45) is -11.0. The molecule has 1 aromatic rings. The topological polar surface area (TPSA) is 458 Å². The van der Waals surface area contributed by atoms with Crippen LogP contribution in [-0.2, 0) is 42.9 Å². The maximum atomic E-state index is 14.5. The molecule has 3 heterocycles. The molecule has 3 aliphatic heterocycles. The smallest absolute Gasteiger partial charge is 0.404 e. The number of hydrogen-bond acceptors (Lipinski definition) is 18. The normalized spacial score (nSPS) is 28.3. The molecule has 446 valence electrons. The number of primary amides is 1. The summed E-state index contributed by atoms with van der Waals surface area (Å²) in [5.41, 5.74) is 5.05. The van der Waals surface area contributed by atoms with Gasteiger partial charge in [-0.3, -0.25) is 48.1 Å². The Hall–Kier alpha value is -5.39. The monoisotopic (exact) mass is 1140 g/mol. The summed E-state index contributed by atoms with van der Waals surface area (Å²) >= 11 is 0. The van der Waals surface area contributed by atoms with E-state index >= 15 is 0 Å². The van der Waals surface area contributed by atoms with Gasteiger partial charge in [-0.2, -0.15) is 0 Å². The predicted molar refractivity (Wildman–Crippen MR) is 276 cm³/mol. The Morgan fingerprint density at radius 3 is 1.95 bits per heavy atom. The molecular weight excluding hydrogens is 1060 g/mol. The number of unbranched alkanes of at least 4 members (excludes halogenated alkanes) is 5. The Morgan fingerprint density at radius 1 is 0.747 bits per heavy atom. The second-order valence-electron chi connectivity index (χ2n) is 21.1. The van der Waals surface area contributed by atoms with Crippen LogP contribution in [0.5, 0.6) is 5.75 Å². The van der Waals surface area contributed by atoms with E-state index in [4.69, 9.17) is 5.73 Å². The highest BCUT2D eigenvalue weighted by molar-refractivity contribution is 7.46. The highest BCUT2D eigenvalue weighted by atomic mass is 31.2. The number of nitrogens with zero attached hydrogens (tertiary/aromatic N) is 2. The van der Waals surface area contributed by atoms with Crippen molar-refractivity contribution in [2.75, 3.05) is 13.1 Å². The summed E-state index contributed by atoms with van der Waals surface area (Å²) in [6, 6.07) is -8.37. The molecular formula is C50H81N8O20P. The third-order valence-corrected chi connectivity index (χ3v) is 15.0. The molecule has 8 amide bonds. The van der Waals surface area contributed by atoms with Gasteiger partial charge in [-0.25, -0.2) is 4.57 Å². The van der Waals surface area contributed by atoms with E-state index in [2.05, 4.69) is 46.6 Å². The van der Waals surface area contributed by atoms with Crippen molar-refractivity contribution in [3.63, 3.8) is 0 Å². The molecule has 0 aromatic heterocycles. The molecule has 0 spiro atoms. The lowest BCUT2D eigenvalue weighted by Gasteiger charge is -2.34. The van der Waals surface area contributed by atoms with E-state index < -0.39 is 178 Å². The highest BCUT2D eigenvalue weighted by Gasteiger charge is 2.49. The Morgan fingerprint density at radius 2 is 1.34 bits per heavy atom. The number of carbonyl (C=O) groups excluding carboxylic acids is 8. The van der Waals surface area contributed by atoms with E-state index in [0.717, 1.165) is 69.7 Å². The largest absolute Gasteiger partial charge is 0.524 e. The first kappa shape index (κ1) is 66.1. The zero-order valence-electron chi connectivity index (χ0n) is 44.8. The minimum absolute atomic E-state index is 0.102. The highest BCUT2D eigenvalue weighted by Crippen LogP contribution is 2.38. The van der Waals surface area contributed by atoms with Gasteiger partial charge in [0.15, 0.2) is 6.23 Å². The lowest BCUT2D eigenvalue weighted by molar-refractivity contribution is -0.149. The van der Waals surface area contributed by atoms with Gasteiger partial charge in [0, 0.05) is 32.4 Å². The van der Waals surface area contributed by atoms with Crippen molar-refractivity contribution in [1.29, 1.82) is 0 Å². The summed E-state index contributed by atoms with van der Waals surface area (Å²) < 4.78 is 15.9. The first-order valence-electron chi connectivity index (χ1n) is 26.7. The molecule has 2 unspecified atom stereocenters. The van der Waals surface area contributed by atoms with Crippen LogP contribution in [0.4, 0.5) is 0 Å². The van der Waals surface area contributed by atoms with Crippen LogP contribution in [0.25, 0.3) is 0 Å². The molecule has 3 aliphatic rings. The fraction of sp³-hybridized carbons (Fsp3) is 0.720. The molecule has 1 aromatic carbocycles. The summed E-state index contributed by atoms with van der Waals surface area (Å²) in [5.74, 6) is -9.12. The number of fused-ring (bicyclic) bond motifs is 2. The molecule has 29 heteroatoms. The van der Waals surface area contributed by atoms with E-state index in [1.807, 2.05) is 5.32 Å². The van der Waals surface area contributed by atoms with Crippen molar-refractivity contribution in [3.8, 4) is 5.75 Å². The number of hydrogen-bond donors (Lipinski definition) is 16. The van der Waals surface area contributed by atoms with Crippen molar-refractivity contribution < 1.29 is 98.1 Å². The third-order valence-electron chi connectivity index (χ3n) is 14.5. The predicted octanol–water partition coefficient (Wildman–Crippen LogP) is -3.58. The molecule has 0 bridgehead atoms. The summed E-state index contributed by atoms with van der Waals surface area (Å²) in [7, 11) is -5.07. The molecule has 0 saturated carbocycles. The van der Waals surface area contributed by atoms with Gasteiger partial charge in [-0.1, -0.05) is 77.8 Å². The van der Waals surface area contributed by atoms with Crippen molar-refractivity contribution >= 4 is 55.1 Å². The van der Waals surface area contributed by atoms with Gasteiger partial charge < -0.3 is 87.5 Å². The van der Waals surface area contributed by atoms with Crippen LogP contribution in [0.15, 0.2) is 24.3 Å². The maximum Gasteiger partial charge on any atom is 0.524 e. The average Bonchev–Trinajstić information content (AvgIpc) is 4.08. The minimum Gasteiger partial charge on any atom is -0.404 e. The first-order chi connectivity index (χ1) is 37.0. The molecule has 28 nitrogen and oxygen atoms in total. The summed E-state index contributed by atoms with van der Waals surface area (Å²) in [4.78, 5) is 131. The first-order valence-corrected chi connectivity index (χ1v) is 28.3. The van der Waals surface area contributed by atoms with Crippen LogP contribution in [0.2, 0.25) is 0 Å². The molecule has 4 rings (SSSR count). The van der Waals surface area contributed by atoms with Crippen LogP contribution < -0.4 is 36.8 Å². The van der Waals surface area contributed by atoms with E-state index in [0.29, 0.717) is 34.5 Å². The van der Waals surface area contributed by atoms with Crippen LogP contribution >= 0.6 is 7.82 Å². The molecule has 3 fully saturated rings. The number of phosphoric ester groups is 1. The number of nitrogens with one attached hydrogen (secondary N) is 5. The maximum absolute atomic E-state index is 14.5. The Labute approximate surface area is 457 Å². The Balaban J connectivity index is 1.71. The number of benzene rings is 1. The zero-order chi connectivity index (χ0) is 59.1. The van der Waals surface area contributed by atoms with Gasteiger partial charge in [0.25, 0.3) is 0 Å². The number of aliphatic hydroxyl groups is 8.